The lowest BCUT2D eigenvalue weighted by Gasteiger charge is -2.38. The van der Waals surface area contributed by atoms with Gasteiger partial charge in [-0.05, 0) is 26.7 Å². The van der Waals surface area contributed by atoms with Gasteiger partial charge in [-0.2, -0.15) is 0 Å². The Kier molecular flexibility index (Phi) is 11.0. The third kappa shape index (κ3) is 7.87. The summed E-state index contributed by atoms with van der Waals surface area (Å²) in [7, 11) is 5.23. The van der Waals surface area contributed by atoms with Gasteiger partial charge in [0.05, 0.1) is 20.1 Å². The number of hydrogen-bond donors (Lipinski definition) is 0. The van der Waals surface area contributed by atoms with Gasteiger partial charge in [-0.15, -0.1) is 0 Å². The Hall–Kier alpha value is -1.02. The molecule has 0 bridgehead atoms. The van der Waals surface area contributed by atoms with Crippen LogP contribution in [-0.4, -0.2) is 100.0 Å². The summed E-state index contributed by atoms with van der Waals surface area (Å²) in [5.41, 5.74) is 0. The zero-order valence-electron chi connectivity index (χ0n) is 15.6. The minimum Gasteiger partial charge on any atom is -0.386 e. The highest BCUT2D eigenvalue weighted by Gasteiger charge is 2.36. The van der Waals surface area contributed by atoms with Crippen molar-refractivity contribution >= 4 is 12.3 Å². The van der Waals surface area contributed by atoms with Crippen LogP contribution >= 0.6 is 0 Å². The summed E-state index contributed by atoms with van der Waals surface area (Å²) in [5, 5.41) is 0. The van der Waals surface area contributed by atoms with Gasteiger partial charge in [-0.3, -0.25) is 28.6 Å². The van der Waals surface area contributed by atoms with Crippen LogP contribution in [0.15, 0.2) is 0 Å². The Bertz CT molecular complexity index is 350. The van der Waals surface area contributed by atoms with E-state index in [0.29, 0.717) is 6.54 Å². The number of carbonyl (C=O) groups is 2. The summed E-state index contributed by atoms with van der Waals surface area (Å²) in [6, 6.07) is 0. The molecule has 0 rings (SSSR count). The summed E-state index contributed by atoms with van der Waals surface area (Å²) in [4.78, 5) is 27.3. The second kappa shape index (κ2) is 11.5. The molecule has 23 heavy (non-hydrogen) atoms. The fourth-order valence-corrected chi connectivity index (χ4v) is 2.27. The predicted octanol–water partition coefficient (Wildman–Crippen LogP) is 0.399. The van der Waals surface area contributed by atoms with Gasteiger partial charge in [0.15, 0.2) is 6.29 Å². The molecule has 0 aromatic carbocycles. The average molecular weight is 332 g/mol. The van der Waals surface area contributed by atoms with Crippen molar-refractivity contribution < 1.29 is 23.5 Å². The first-order valence-electron chi connectivity index (χ1n) is 8.27. The molecule has 0 aromatic rings. The Morgan fingerprint density at radius 1 is 1.22 bits per heavy atom. The molecular formula is C16H34N3O4+. The Balaban J connectivity index is 4.89. The molecule has 0 saturated heterocycles. The highest BCUT2D eigenvalue weighted by atomic mass is 16.7. The first-order valence-corrected chi connectivity index (χ1v) is 8.27. The minimum absolute atomic E-state index is 0.202. The number of methoxy groups -OCH3 is 1. The number of aldehydes is 1. The second-order valence-electron chi connectivity index (χ2n) is 5.94. The van der Waals surface area contributed by atoms with Crippen LogP contribution in [0.2, 0.25) is 0 Å². The number of nitrogens with zero attached hydrogens (tertiary/aromatic N) is 3. The van der Waals surface area contributed by atoms with Crippen LogP contribution in [0.5, 0.6) is 0 Å². The van der Waals surface area contributed by atoms with E-state index in [1.807, 2.05) is 25.9 Å². The van der Waals surface area contributed by atoms with E-state index in [1.165, 1.54) is 7.11 Å². The molecule has 0 aliphatic rings. The van der Waals surface area contributed by atoms with Gasteiger partial charge in [0.1, 0.15) is 6.54 Å². The molecule has 2 atom stereocenters. The third-order valence-corrected chi connectivity index (χ3v) is 4.19. The van der Waals surface area contributed by atoms with Crippen molar-refractivity contribution in [1.82, 2.24) is 9.80 Å². The summed E-state index contributed by atoms with van der Waals surface area (Å²) in [6.45, 7) is 10.7. The number of ether oxygens (including phenoxy) is 2. The van der Waals surface area contributed by atoms with Gasteiger partial charge in [0.25, 0.3) is 0 Å². The van der Waals surface area contributed by atoms with E-state index in [4.69, 9.17) is 9.47 Å². The Labute approximate surface area is 140 Å². The number of rotatable bonds is 13. The topological polar surface area (TPSA) is 59.1 Å². The lowest BCUT2D eigenvalue weighted by molar-refractivity contribution is -0.967. The summed E-state index contributed by atoms with van der Waals surface area (Å²) < 4.78 is 11.1. The lowest BCUT2D eigenvalue weighted by atomic mass is 10.3. The van der Waals surface area contributed by atoms with Gasteiger partial charge in [0.2, 0.25) is 0 Å². The van der Waals surface area contributed by atoms with E-state index >= 15 is 0 Å². The molecule has 136 valence electrons. The van der Waals surface area contributed by atoms with Gasteiger partial charge >= 0.3 is 12.4 Å². The number of esters is 1. The van der Waals surface area contributed by atoms with Crippen molar-refractivity contribution in [2.45, 2.75) is 27.2 Å². The van der Waals surface area contributed by atoms with Gasteiger partial charge < -0.3 is 4.74 Å². The predicted molar refractivity (Wildman–Crippen MR) is 89.8 cm³/mol. The molecule has 0 saturated carbocycles. The highest BCUT2D eigenvalue weighted by Crippen LogP contribution is 2.13. The summed E-state index contributed by atoms with van der Waals surface area (Å²) >= 11 is 0. The van der Waals surface area contributed by atoms with Crippen LogP contribution in [0.4, 0.5) is 0 Å². The highest BCUT2D eigenvalue weighted by molar-refractivity contribution is 5.71. The quantitative estimate of drug-likeness (QED) is 0.211. The molecular weight excluding hydrogens is 298 g/mol. The van der Waals surface area contributed by atoms with Gasteiger partial charge in [-0.1, -0.05) is 20.8 Å². The number of hydrogen-bond acceptors (Lipinski definition) is 6. The van der Waals surface area contributed by atoms with E-state index in [2.05, 4.69) is 18.7 Å². The van der Waals surface area contributed by atoms with E-state index in [9.17, 15) is 9.59 Å². The second-order valence-corrected chi connectivity index (χ2v) is 5.94. The number of likely N-dealkylation sites (N-methyl/N-ethyl adjacent to an activating group) is 3. The fourth-order valence-electron chi connectivity index (χ4n) is 2.27. The molecule has 7 nitrogen and oxygen atoms in total. The maximum absolute atomic E-state index is 12.0. The number of quaternary nitrogens is 1. The largest absolute Gasteiger partial charge is 0.386 e. The summed E-state index contributed by atoms with van der Waals surface area (Å²) in [6.07, 6.45) is 0.0637. The van der Waals surface area contributed by atoms with E-state index in [0.717, 1.165) is 32.5 Å². The Morgan fingerprint density at radius 3 is 2.26 bits per heavy atom. The van der Waals surface area contributed by atoms with Gasteiger partial charge in [-0.25, -0.2) is 0 Å². The van der Waals surface area contributed by atoms with Gasteiger partial charge in [0, 0.05) is 13.7 Å². The molecule has 0 fully saturated rings. The number of carbonyl (C=O) groups excluding carboxylic acids is 2. The lowest BCUT2D eigenvalue weighted by Crippen LogP contribution is -2.58. The van der Waals surface area contributed by atoms with Crippen LogP contribution in [-0.2, 0) is 19.1 Å². The maximum atomic E-state index is 12.0. The molecule has 0 heterocycles. The molecule has 0 aromatic heterocycles. The SMILES string of the molecule is CCN(C)CC(=O)O[C@@H](OC)[N+](C)(CC=O)CCN(CC)CC. The summed E-state index contributed by atoms with van der Waals surface area (Å²) in [5.74, 6) is -0.348. The molecule has 0 radical (unpaired) electrons. The smallest absolute Gasteiger partial charge is 0.353 e. The molecule has 0 aliphatic carbocycles. The van der Waals surface area contributed by atoms with E-state index < -0.39 is 6.41 Å². The minimum atomic E-state index is -0.784. The normalized spacial score (nSPS) is 15.5. The molecule has 0 aliphatic heterocycles. The van der Waals surface area contributed by atoms with Crippen LogP contribution in [0.1, 0.15) is 20.8 Å². The first kappa shape index (κ1) is 22.0. The fraction of sp³-hybridized carbons (Fsp3) is 0.875. The first-order chi connectivity index (χ1) is 10.9. The third-order valence-electron chi connectivity index (χ3n) is 4.19. The monoisotopic (exact) mass is 332 g/mol. The average Bonchev–Trinajstić information content (AvgIpc) is 2.53. The van der Waals surface area contributed by atoms with E-state index in [1.54, 1.807) is 0 Å². The van der Waals surface area contributed by atoms with Crippen molar-refractivity contribution in [2.24, 2.45) is 0 Å². The van der Waals surface area contributed by atoms with Crippen molar-refractivity contribution in [2.75, 3.05) is 67.0 Å². The molecule has 0 spiro atoms. The van der Waals surface area contributed by atoms with E-state index in [-0.39, 0.29) is 23.5 Å². The van der Waals surface area contributed by atoms with Crippen LogP contribution in [0.25, 0.3) is 0 Å². The molecule has 7 heteroatoms. The van der Waals surface area contributed by atoms with Crippen LogP contribution in [0.3, 0.4) is 0 Å². The van der Waals surface area contributed by atoms with Crippen molar-refractivity contribution in [3.05, 3.63) is 0 Å². The standard InChI is InChI=1S/C16H34N3O4/c1-7-17(4)14-15(21)23-16(22-6)19(5,12-13-20)11-10-18(8-2)9-3/h13,16H,7-12,14H2,1-6H3/q+1/t16-,19?/m1/s1. The van der Waals surface area contributed by atoms with Crippen molar-refractivity contribution in [1.29, 1.82) is 0 Å². The molecule has 1 unspecified atom stereocenters. The zero-order chi connectivity index (χ0) is 17.9. The molecule has 0 amide bonds. The Morgan fingerprint density at radius 2 is 1.83 bits per heavy atom. The van der Waals surface area contributed by atoms with Crippen LogP contribution < -0.4 is 0 Å². The van der Waals surface area contributed by atoms with Crippen LogP contribution in [0, 0.1) is 0 Å². The maximum Gasteiger partial charge on any atom is 0.353 e. The van der Waals surface area contributed by atoms with Crippen molar-refractivity contribution in [3.63, 3.8) is 0 Å². The zero-order valence-corrected chi connectivity index (χ0v) is 15.6. The molecule has 0 N–H and O–H groups in total. The van der Waals surface area contributed by atoms with Crippen molar-refractivity contribution in [3.8, 4) is 0 Å².